The SMILES string of the molecule is COC(C)(OC)OC(C)Cn1sc(Cl)c(Cl)c1=O. The van der Waals surface area contributed by atoms with Gasteiger partial charge in [0.1, 0.15) is 9.36 Å². The van der Waals surface area contributed by atoms with Crippen LogP contribution in [0.4, 0.5) is 0 Å². The van der Waals surface area contributed by atoms with Gasteiger partial charge in [0.25, 0.3) is 11.5 Å². The Labute approximate surface area is 119 Å². The van der Waals surface area contributed by atoms with Crippen LogP contribution in [0.3, 0.4) is 0 Å². The molecule has 0 N–H and O–H groups in total. The molecule has 0 bridgehead atoms. The Morgan fingerprint density at radius 1 is 1.39 bits per heavy atom. The first-order chi connectivity index (χ1) is 8.33. The van der Waals surface area contributed by atoms with E-state index in [1.54, 1.807) is 13.8 Å². The van der Waals surface area contributed by atoms with Crippen molar-refractivity contribution in [3.05, 3.63) is 19.7 Å². The highest BCUT2D eigenvalue weighted by atomic mass is 35.5. The zero-order valence-corrected chi connectivity index (χ0v) is 12.9. The normalized spacial score (nSPS) is 13.9. The molecule has 104 valence electrons. The van der Waals surface area contributed by atoms with E-state index in [9.17, 15) is 4.79 Å². The van der Waals surface area contributed by atoms with Crippen molar-refractivity contribution < 1.29 is 14.2 Å². The molecule has 18 heavy (non-hydrogen) atoms. The minimum atomic E-state index is -1.14. The standard InChI is InChI=1S/C10H15Cl2NO4S/c1-6(17-10(2,15-3)16-4)5-13-9(14)7(11)8(12)18-13/h6H,5H2,1-4H3. The number of hydrogen-bond acceptors (Lipinski definition) is 5. The molecule has 0 aromatic carbocycles. The lowest BCUT2D eigenvalue weighted by atomic mass is 10.4. The highest BCUT2D eigenvalue weighted by molar-refractivity contribution is 7.11. The van der Waals surface area contributed by atoms with Crippen LogP contribution in [0.1, 0.15) is 13.8 Å². The predicted octanol–water partition coefficient (Wildman–Crippen LogP) is 2.59. The molecule has 0 aliphatic heterocycles. The van der Waals surface area contributed by atoms with Gasteiger partial charge in [0.2, 0.25) is 0 Å². The molecule has 0 spiro atoms. The van der Waals surface area contributed by atoms with E-state index in [0.717, 1.165) is 11.5 Å². The molecule has 0 aliphatic rings. The Morgan fingerprint density at radius 3 is 2.33 bits per heavy atom. The fourth-order valence-electron chi connectivity index (χ4n) is 1.31. The largest absolute Gasteiger partial charge is 0.331 e. The minimum Gasteiger partial charge on any atom is -0.331 e. The van der Waals surface area contributed by atoms with E-state index in [0.29, 0.717) is 6.54 Å². The van der Waals surface area contributed by atoms with Crippen molar-refractivity contribution in [1.29, 1.82) is 0 Å². The van der Waals surface area contributed by atoms with Gasteiger partial charge in [-0.2, -0.15) is 0 Å². The molecule has 1 aromatic rings. The Hall–Kier alpha value is -0.110. The first-order valence-corrected chi connectivity index (χ1v) is 6.69. The Morgan fingerprint density at radius 2 is 1.94 bits per heavy atom. The van der Waals surface area contributed by atoms with E-state index in [4.69, 9.17) is 37.4 Å². The summed E-state index contributed by atoms with van der Waals surface area (Å²) in [5, 5.41) is 0.0371. The number of ether oxygens (including phenoxy) is 3. The van der Waals surface area contributed by atoms with Crippen LogP contribution < -0.4 is 5.56 Å². The second-order valence-corrected chi connectivity index (χ2v) is 5.76. The third kappa shape index (κ3) is 3.69. The summed E-state index contributed by atoms with van der Waals surface area (Å²) in [6, 6.07) is 0. The van der Waals surface area contributed by atoms with E-state index >= 15 is 0 Å². The lowest BCUT2D eigenvalue weighted by Crippen LogP contribution is -2.38. The van der Waals surface area contributed by atoms with Crippen LogP contribution in [0.25, 0.3) is 0 Å². The fourth-order valence-corrected chi connectivity index (χ4v) is 2.71. The molecule has 1 unspecified atom stereocenters. The van der Waals surface area contributed by atoms with Gasteiger partial charge in [0.05, 0.1) is 12.6 Å². The molecule has 0 fully saturated rings. The van der Waals surface area contributed by atoms with Gasteiger partial charge in [-0.3, -0.25) is 8.75 Å². The third-order valence-electron chi connectivity index (χ3n) is 2.36. The van der Waals surface area contributed by atoms with Crippen LogP contribution in [-0.4, -0.2) is 30.3 Å². The Kier molecular flexibility index (Phi) is 5.64. The zero-order valence-electron chi connectivity index (χ0n) is 10.5. The van der Waals surface area contributed by atoms with Crippen molar-refractivity contribution in [3.63, 3.8) is 0 Å². The quantitative estimate of drug-likeness (QED) is 0.757. The van der Waals surface area contributed by atoms with Crippen LogP contribution in [0.5, 0.6) is 0 Å². The molecule has 0 amide bonds. The summed E-state index contributed by atoms with van der Waals surface area (Å²) in [6.07, 6.45) is -0.307. The highest BCUT2D eigenvalue weighted by Gasteiger charge is 2.27. The van der Waals surface area contributed by atoms with Gasteiger partial charge in [0, 0.05) is 21.1 Å². The average molecular weight is 316 g/mol. The second kappa shape index (κ2) is 6.36. The van der Waals surface area contributed by atoms with E-state index in [1.807, 2.05) is 0 Å². The number of methoxy groups -OCH3 is 2. The summed E-state index contributed by atoms with van der Waals surface area (Å²) in [7, 11) is 2.95. The molecule has 0 saturated carbocycles. The van der Waals surface area contributed by atoms with Crippen molar-refractivity contribution in [2.24, 2.45) is 0 Å². The first-order valence-electron chi connectivity index (χ1n) is 5.16. The van der Waals surface area contributed by atoms with Crippen molar-refractivity contribution in [1.82, 2.24) is 3.96 Å². The van der Waals surface area contributed by atoms with Gasteiger partial charge in [-0.25, -0.2) is 0 Å². The molecule has 5 nitrogen and oxygen atoms in total. The molecule has 1 heterocycles. The van der Waals surface area contributed by atoms with Crippen LogP contribution in [0, 0.1) is 0 Å². The lowest BCUT2D eigenvalue weighted by Gasteiger charge is -2.29. The maximum atomic E-state index is 11.7. The topological polar surface area (TPSA) is 49.7 Å². The maximum absolute atomic E-state index is 11.7. The fraction of sp³-hybridized carbons (Fsp3) is 0.700. The van der Waals surface area contributed by atoms with Crippen molar-refractivity contribution in [2.45, 2.75) is 32.5 Å². The van der Waals surface area contributed by atoms with E-state index in [1.165, 1.54) is 18.2 Å². The first kappa shape index (κ1) is 15.9. The molecule has 1 atom stereocenters. The molecule has 1 rings (SSSR count). The second-order valence-electron chi connectivity index (χ2n) is 3.74. The van der Waals surface area contributed by atoms with Gasteiger partial charge in [-0.05, 0) is 18.5 Å². The summed E-state index contributed by atoms with van der Waals surface area (Å²) >= 11 is 12.6. The summed E-state index contributed by atoms with van der Waals surface area (Å²) in [5.74, 6) is -1.14. The number of aromatic nitrogens is 1. The van der Waals surface area contributed by atoms with Crippen LogP contribution in [0.2, 0.25) is 9.36 Å². The molecule has 1 aromatic heterocycles. The average Bonchev–Trinajstić information content (AvgIpc) is 2.56. The zero-order chi connectivity index (χ0) is 13.9. The van der Waals surface area contributed by atoms with Crippen LogP contribution in [0.15, 0.2) is 4.79 Å². The highest BCUT2D eigenvalue weighted by Crippen LogP contribution is 2.24. The summed E-state index contributed by atoms with van der Waals surface area (Å²) in [4.78, 5) is 11.7. The molecule has 0 radical (unpaired) electrons. The minimum absolute atomic E-state index is 0.0371. The molecular formula is C10H15Cl2NO4S. The smallest absolute Gasteiger partial charge is 0.281 e. The van der Waals surface area contributed by atoms with Gasteiger partial charge in [-0.1, -0.05) is 23.2 Å². The summed E-state index contributed by atoms with van der Waals surface area (Å²) < 4.78 is 17.4. The summed E-state index contributed by atoms with van der Waals surface area (Å²) in [6.45, 7) is 3.75. The van der Waals surface area contributed by atoms with E-state index in [-0.39, 0.29) is 21.0 Å². The van der Waals surface area contributed by atoms with Crippen molar-refractivity contribution in [3.8, 4) is 0 Å². The maximum Gasteiger partial charge on any atom is 0.281 e. The number of nitrogens with zero attached hydrogens (tertiary/aromatic N) is 1. The molecule has 8 heteroatoms. The van der Waals surface area contributed by atoms with Gasteiger partial charge < -0.3 is 14.2 Å². The Bertz CT molecular complexity index is 455. The van der Waals surface area contributed by atoms with E-state index in [2.05, 4.69) is 0 Å². The molecule has 0 saturated heterocycles. The van der Waals surface area contributed by atoms with Crippen LogP contribution >= 0.6 is 34.7 Å². The Balaban J connectivity index is 2.73. The number of halogens is 2. The van der Waals surface area contributed by atoms with Crippen molar-refractivity contribution >= 4 is 34.7 Å². The number of hydrogen-bond donors (Lipinski definition) is 0. The van der Waals surface area contributed by atoms with Crippen LogP contribution in [-0.2, 0) is 20.8 Å². The van der Waals surface area contributed by atoms with E-state index < -0.39 is 5.97 Å². The third-order valence-corrected chi connectivity index (χ3v) is 4.21. The monoisotopic (exact) mass is 315 g/mol. The lowest BCUT2D eigenvalue weighted by molar-refractivity contribution is -0.364. The van der Waals surface area contributed by atoms with Gasteiger partial charge in [-0.15, -0.1) is 0 Å². The summed E-state index contributed by atoms with van der Waals surface area (Å²) in [5.41, 5.74) is -0.321. The number of rotatable bonds is 6. The van der Waals surface area contributed by atoms with Crippen molar-refractivity contribution in [2.75, 3.05) is 14.2 Å². The van der Waals surface area contributed by atoms with Gasteiger partial charge >= 0.3 is 0 Å². The molecular weight excluding hydrogens is 301 g/mol. The molecule has 0 aliphatic carbocycles. The van der Waals surface area contributed by atoms with Gasteiger partial charge in [0.15, 0.2) is 0 Å². The predicted molar refractivity (Wildman–Crippen MR) is 71.6 cm³/mol.